The molecule has 0 unspecified atom stereocenters. The van der Waals surface area contributed by atoms with Gasteiger partial charge >= 0.3 is 0 Å². The van der Waals surface area contributed by atoms with E-state index in [1.165, 1.54) is 6.26 Å². The summed E-state index contributed by atoms with van der Waals surface area (Å²) in [7, 11) is 0. The molecule has 2 aromatic rings. The van der Waals surface area contributed by atoms with Gasteiger partial charge in [0.15, 0.2) is 5.76 Å². The Labute approximate surface area is 158 Å². The van der Waals surface area contributed by atoms with Crippen LogP contribution in [0.4, 0.5) is 5.82 Å². The Hall–Kier alpha value is -2.90. The highest BCUT2D eigenvalue weighted by molar-refractivity contribution is 5.93. The lowest BCUT2D eigenvalue weighted by Gasteiger charge is -2.35. The molecular formula is C19H25N5O3. The molecule has 1 fully saturated rings. The topological polar surface area (TPSA) is 91.6 Å². The molecule has 0 spiro atoms. The first-order valence-corrected chi connectivity index (χ1v) is 9.30. The molecule has 144 valence electrons. The second-order valence-corrected chi connectivity index (χ2v) is 6.52. The number of hydrogen-bond acceptors (Lipinski definition) is 6. The van der Waals surface area contributed by atoms with Crippen LogP contribution in [0.3, 0.4) is 0 Å². The molecule has 0 saturated carbocycles. The first-order chi connectivity index (χ1) is 13.1. The van der Waals surface area contributed by atoms with Crippen molar-refractivity contribution in [3.05, 3.63) is 41.7 Å². The molecule has 3 heterocycles. The molecule has 0 atom stereocenters. The summed E-state index contributed by atoms with van der Waals surface area (Å²) in [4.78, 5) is 37.2. The summed E-state index contributed by atoms with van der Waals surface area (Å²) in [6.07, 6.45) is 3.46. The molecule has 3 rings (SSSR count). The number of nitrogens with one attached hydrogen (secondary N) is 1. The molecule has 8 heteroatoms. The van der Waals surface area contributed by atoms with Crippen LogP contribution in [0.5, 0.6) is 0 Å². The van der Waals surface area contributed by atoms with E-state index < -0.39 is 0 Å². The van der Waals surface area contributed by atoms with Gasteiger partial charge < -0.3 is 19.5 Å². The highest BCUT2D eigenvalue weighted by atomic mass is 16.3. The fourth-order valence-electron chi connectivity index (χ4n) is 2.99. The van der Waals surface area contributed by atoms with Crippen LogP contribution in [0.1, 0.15) is 46.6 Å². The predicted molar refractivity (Wildman–Crippen MR) is 101 cm³/mol. The first kappa shape index (κ1) is 18.9. The van der Waals surface area contributed by atoms with E-state index in [4.69, 9.17) is 4.42 Å². The maximum Gasteiger partial charge on any atom is 0.289 e. The number of carbonyl (C=O) groups excluding carboxylic acids is 2. The van der Waals surface area contributed by atoms with Crippen molar-refractivity contribution in [3.8, 4) is 0 Å². The summed E-state index contributed by atoms with van der Waals surface area (Å²) in [6.45, 7) is 6.92. The molecule has 8 nitrogen and oxygen atoms in total. The Balaban J connectivity index is 1.63. The third-order valence-electron chi connectivity index (χ3n) is 4.50. The minimum Gasteiger partial charge on any atom is -0.459 e. The molecule has 1 aliphatic rings. The van der Waals surface area contributed by atoms with Crippen LogP contribution in [0, 0.1) is 6.92 Å². The van der Waals surface area contributed by atoms with Crippen LogP contribution in [-0.4, -0.2) is 59.4 Å². The van der Waals surface area contributed by atoms with Crippen LogP contribution >= 0.6 is 0 Å². The zero-order valence-electron chi connectivity index (χ0n) is 15.8. The van der Waals surface area contributed by atoms with Crippen LogP contribution in [-0.2, 0) is 0 Å². The number of anilines is 1. The number of carbonyl (C=O) groups is 2. The number of hydrogen-bond donors (Lipinski definition) is 1. The molecule has 1 N–H and O–H groups in total. The zero-order chi connectivity index (χ0) is 19.2. The molecule has 2 aromatic heterocycles. The molecule has 1 aliphatic heterocycles. The number of rotatable bonds is 6. The van der Waals surface area contributed by atoms with Crippen molar-refractivity contribution in [3.63, 3.8) is 0 Å². The van der Waals surface area contributed by atoms with E-state index in [1.807, 2.05) is 0 Å². The van der Waals surface area contributed by atoms with E-state index in [9.17, 15) is 9.59 Å². The fourth-order valence-corrected chi connectivity index (χ4v) is 2.99. The van der Waals surface area contributed by atoms with E-state index in [2.05, 4.69) is 27.1 Å². The molecular weight excluding hydrogens is 346 g/mol. The van der Waals surface area contributed by atoms with E-state index in [0.717, 1.165) is 12.8 Å². The van der Waals surface area contributed by atoms with Crippen LogP contribution in [0.2, 0.25) is 0 Å². The summed E-state index contributed by atoms with van der Waals surface area (Å²) < 4.78 is 5.19. The van der Waals surface area contributed by atoms with Gasteiger partial charge in [0.2, 0.25) is 0 Å². The van der Waals surface area contributed by atoms with E-state index in [1.54, 1.807) is 30.0 Å². The molecule has 0 bridgehead atoms. The number of nitrogens with zero attached hydrogens (tertiary/aromatic N) is 4. The van der Waals surface area contributed by atoms with Crippen LogP contribution in [0.15, 0.2) is 28.9 Å². The van der Waals surface area contributed by atoms with Gasteiger partial charge in [0, 0.05) is 38.8 Å². The van der Waals surface area contributed by atoms with Gasteiger partial charge in [-0.3, -0.25) is 9.59 Å². The third kappa shape index (κ3) is 4.64. The number of furan rings is 1. The van der Waals surface area contributed by atoms with Crippen molar-refractivity contribution in [2.45, 2.75) is 26.7 Å². The van der Waals surface area contributed by atoms with Gasteiger partial charge in [-0.25, -0.2) is 9.97 Å². The van der Waals surface area contributed by atoms with Crippen LogP contribution in [0.25, 0.3) is 0 Å². The smallest absolute Gasteiger partial charge is 0.289 e. The SMILES string of the molecule is CCCCNC(=O)c1cc(N2CCN(C(=O)c3ccco3)CC2)nc(C)n1. The van der Waals surface area contributed by atoms with Gasteiger partial charge in [0.25, 0.3) is 11.8 Å². The second-order valence-electron chi connectivity index (χ2n) is 6.52. The molecule has 0 aromatic carbocycles. The van der Waals surface area contributed by atoms with Crippen molar-refractivity contribution in [2.24, 2.45) is 0 Å². The Morgan fingerprint density at radius 1 is 1.22 bits per heavy atom. The normalized spacial score (nSPS) is 14.3. The zero-order valence-corrected chi connectivity index (χ0v) is 15.8. The lowest BCUT2D eigenvalue weighted by atomic mass is 10.2. The van der Waals surface area contributed by atoms with Crippen LogP contribution < -0.4 is 10.2 Å². The summed E-state index contributed by atoms with van der Waals surface area (Å²) in [6, 6.07) is 5.10. The van der Waals surface area contributed by atoms with Gasteiger partial charge in [-0.1, -0.05) is 13.3 Å². The minimum atomic E-state index is -0.179. The summed E-state index contributed by atoms with van der Waals surface area (Å²) >= 11 is 0. The minimum absolute atomic E-state index is 0.102. The Morgan fingerprint density at radius 3 is 2.67 bits per heavy atom. The number of aryl methyl sites for hydroxylation is 1. The number of piperazine rings is 1. The standard InChI is InChI=1S/C19H25N5O3/c1-3-4-7-20-18(25)15-13-17(22-14(2)21-15)23-8-10-24(11-9-23)19(26)16-6-5-12-27-16/h5-6,12-13H,3-4,7-11H2,1-2H3,(H,20,25). The third-order valence-corrected chi connectivity index (χ3v) is 4.50. The predicted octanol–water partition coefficient (Wildman–Crippen LogP) is 1.87. The maximum absolute atomic E-state index is 12.4. The van der Waals surface area contributed by atoms with E-state index in [-0.39, 0.29) is 11.8 Å². The fraction of sp³-hybridized carbons (Fsp3) is 0.474. The lowest BCUT2D eigenvalue weighted by Crippen LogP contribution is -2.49. The van der Waals surface area contributed by atoms with Gasteiger partial charge in [0.05, 0.1) is 6.26 Å². The molecule has 1 saturated heterocycles. The highest BCUT2D eigenvalue weighted by Gasteiger charge is 2.25. The van der Waals surface area contributed by atoms with Crippen molar-refractivity contribution in [1.29, 1.82) is 0 Å². The Bertz CT molecular complexity index is 783. The molecule has 2 amide bonds. The molecule has 0 radical (unpaired) electrons. The van der Waals surface area contributed by atoms with Crippen molar-refractivity contribution >= 4 is 17.6 Å². The second kappa shape index (κ2) is 8.66. The monoisotopic (exact) mass is 371 g/mol. The number of aromatic nitrogens is 2. The van der Waals surface area contributed by atoms with Crippen molar-refractivity contribution < 1.29 is 14.0 Å². The van der Waals surface area contributed by atoms with E-state index >= 15 is 0 Å². The maximum atomic E-state index is 12.4. The quantitative estimate of drug-likeness (QED) is 0.780. The Morgan fingerprint density at radius 2 is 2.00 bits per heavy atom. The van der Waals surface area contributed by atoms with Crippen molar-refractivity contribution in [2.75, 3.05) is 37.6 Å². The first-order valence-electron chi connectivity index (χ1n) is 9.30. The summed E-state index contributed by atoms with van der Waals surface area (Å²) in [5.41, 5.74) is 0.377. The number of unbranched alkanes of at least 4 members (excludes halogenated alkanes) is 1. The summed E-state index contributed by atoms with van der Waals surface area (Å²) in [5, 5.41) is 2.88. The lowest BCUT2D eigenvalue weighted by molar-refractivity contribution is 0.0714. The van der Waals surface area contributed by atoms with E-state index in [0.29, 0.717) is 55.8 Å². The van der Waals surface area contributed by atoms with Crippen molar-refractivity contribution in [1.82, 2.24) is 20.2 Å². The highest BCUT2D eigenvalue weighted by Crippen LogP contribution is 2.17. The van der Waals surface area contributed by atoms with Gasteiger partial charge in [0.1, 0.15) is 17.3 Å². The molecule has 0 aliphatic carbocycles. The van der Waals surface area contributed by atoms with Gasteiger partial charge in [-0.15, -0.1) is 0 Å². The number of amides is 2. The van der Waals surface area contributed by atoms with Gasteiger partial charge in [-0.2, -0.15) is 0 Å². The Kier molecular flexibility index (Phi) is 6.05. The average molecular weight is 371 g/mol. The molecule has 27 heavy (non-hydrogen) atoms. The largest absolute Gasteiger partial charge is 0.459 e. The average Bonchev–Trinajstić information content (AvgIpc) is 3.22. The summed E-state index contributed by atoms with van der Waals surface area (Å²) in [5.74, 6) is 1.35. The van der Waals surface area contributed by atoms with Gasteiger partial charge in [-0.05, 0) is 25.5 Å².